The monoisotopic (exact) mass is 242 g/mol. The van der Waals surface area contributed by atoms with Crippen LogP contribution in [-0.4, -0.2) is 62.1 Å². The second kappa shape index (κ2) is 8.48. The largest absolute Gasteiger partial charge is 0.469 e. The number of methoxy groups -OCH3 is 1. The van der Waals surface area contributed by atoms with E-state index in [2.05, 4.69) is 21.5 Å². The molecule has 0 spiro atoms. The predicted octanol–water partition coefficient (Wildman–Crippen LogP) is 1.36. The van der Waals surface area contributed by atoms with Crippen molar-refractivity contribution in [2.75, 3.05) is 46.4 Å². The van der Waals surface area contributed by atoms with Gasteiger partial charge in [-0.2, -0.15) is 0 Å². The van der Waals surface area contributed by atoms with Crippen LogP contribution >= 0.6 is 0 Å². The number of carbonyl (C=O) groups is 1. The molecule has 0 aromatic carbocycles. The van der Waals surface area contributed by atoms with E-state index in [9.17, 15) is 4.79 Å². The summed E-state index contributed by atoms with van der Waals surface area (Å²) in [6.45, 7) is 8.65. The van der Waals surface area contributed by atoms with E-state index >= 15 is 0 Å². The van der Waals surface area contributed by atoms with Gasteiger partial charge in [0.2, 0.25) is 0 Å². The van der Waals surface area contributed by atoms with Gasteiger partial charge in [0, 0.05) is 19.6 Å². The molecular weight excluding hydrogens is 216 g/mol. The Morgan fingerprint density at radius 3 is 2.53 bits per heavy atom. The minimum absolute atomic E-state index is 0.110. The van der Waals surface area contributed by atoms with Crippen LogP contribution in [0.2, 0.25) is 0 Å². The molecular formula is C13H26N2O2. The van der Waals surface area contributed by atoms with Crippen LogP contribution in [0.3, 0.4) is 0 Å². The highest BCUT2D eigenvalue weighted by atomic mass is 16.5. The van der Waals surface area contributed by atoms with E-state index in [1.807, 2.05) is 0 Å². The highest BCUT2D eigenvalue weighted by Crippen LogP contribution is 2.08. The van der Waals surface area contributed by atoms with Crippen LogP contribution in [0.5, 0.6) is 0 Å². The number of piperidine rings is 1. The van der Waals surface area contributed by atoms with Crippen LogP contribution < -0.4 is 0 Å². The smallest absolute Gasteiger partial charge is 0.306 e. The molecule has 0 amide bonds. The molecule has 0 aliphatic carbocycles. The van der Waals surface area contributed by atoms with Crippen molar-refractivity contribution in [1.29, 1.82) is 0 Å². The van der Waals surface area contributed by atoms with Crippen molar-refractivity contribution in [3.8, 4) is 0 Å². The maximum atomic E-state index is 11.1. The number of hydrogen-bond donors (Lipinski definition) is 0. The summed E-state index contributed by atoms with van der Waals surface area (Å²) in [6, 6.07) is 0. The molecule has 0 aromatic heterocycles. The van der Waals surface area contributed by atoms with Crippen molar-refractivity contribution in [2.24, 2.45) is 0 Å². The van der Waals surface area contributed by atoms with Crippen LogP contribution in [0.25, 0.3) is 0 Å². The summed E-state index contributed by atoms with van der Waals surface area (Å²) in [5.74, 6) is -0.110. The average Bonchev–Trinajstić information content (AvgIpc) is 2.39. The van der Waals surface area contributed by atoms with Crippen LogP contribution in [0, 0.1) is 0 Å². The van der Waals surface area contributed by atoms with Crippen molar-refractivity contribution < 1.29 is 9.53 Å². The topological polar surface area (TPSA) is 32.8 Å². The maximum absolute atomic E-state index is 11.1. The second-order valence-electron chi connectivity index (χ2n) is 4.66. The first-order chi connectivity index (χ1) is 8.26. The molecule has 0 unspecified atom stereocenters. The lowest BCUT2D eigenvalue weighted by Crippen LogP contribution is -2.38. The molecule has 1 aliphatic heterocycles. The fraction of sp³-hybridized carbons (Fsp3) is 0.923. The molecule has 0 atom stereocenters. The number of hydrogen-bond acceptors (Lipinski definition) is 4. The summed E-state index contributed by atoms with van der Waals surface area (Å²) in [7, 11) is 1.45. The number of likely N-dealkylation sites (tertiary alicyclic amines) is 1. The summed E-state index contributed by atoms with van der Waals surface area (Å²) in [5.41, 5.74) is 0. The van der Waals surface area contributed by atoms with Crippen LogP contribution in [-0.2, 0) is 9.53 Å². The van der Waals surface area contributed by atoms with Gasteiger partial charge in [-0.05, 0) is 32.5 Å². The summed E-state index contributed by atoms with van der Waals surface area (Å²) in [4.78, 5) is 15.9. The highest BCUT2D eigenvalue weighted by molar-refractivity contribution is 5.69. The second-order valence-corrected chi connectivity index (χ2v) is 4.66. The third kappa shape index (κ3) is 6.03. The van der Waals surface area contributed by atoms with Gasteiger partial charge in [0.25, 0.3) is 0 Å². The van der Waals surface area contributed by atoms with E-state index in [4.69, 9.17) is 0 Å². The van der Waals surface area contributed by atoms with Crippen LogP contribution in [0.1, 0.15) is 32.6 Å². The fourth-order valence-electron chi connectivity index (χ4n) is 2.25. The van der Waals surface area contributed by atoms with E-state index in [1.165, 1.54) is 39.5 Å². The minimum Gasteiger partial charge on any atom is -0.469 e. The molecule has 100 valence electrons. The Bertz CT molecular complexity index is 215. The first kappa shape index (κ1) is 14.5. The lowest BCUT2D eigenvalue weighted by atomic mass is 10.1. The Morgan fingerprint density at radius 1 is 1.24 bits per heavy atom. The number of ether oxygens (including phenoxy) is 1. The number of likely N-dealkylation sites (N-methyl/N-ethyl adjacent to an activating group) is 1. The lowest BCUT2D eigenvalue weighted by molar-refractivity contribution is -0.141. The van der Waals surface area contributed by atoms with Crippen molar-refractivity contribution in [3.63, 3.8) is 0 Å². The number of carbonyl (C=O) groups excluding carboxylic acids is 1. The summed E-state index contributed by atoms with van der Waals surface area (Å²) in [6.07, 6.45) is 4.57. The van der Waals surface area contributed by atoms with Gasteiger partial charge in [-0.3, -0.25) is 4.79 Å². The van der Waals surface area contributed by atoms with E-state index in [0.717, 1.165) is 26.2 Å². The van der Waals surface area contributed by atoms with Gasteiger partial charge in [-0.25, -0.2) is 0 Å². The minimum atomic E-state index is -0.110. The van der Waals surface area contributed by atoms with Gasteiger partial charge in [0.1, 0.15) is 0 Å². The highest BCUT2D eigenvalue weighted by Gasteiger charge is 2.12. The Labute approximate surface area is 105 Å². The molecule has 4 heteroatoms. The number of rotatable bonds is 7. The van der Waals surface area contributed by atoms with Gasteiger partial charge in [-0.1, -0.05) is 13.3 Å². The van der Waals surface area contributed by atoms with Crippen LogP contribution in [0.4, 0.5) is 0 Å². The number of esters is 1. The van der Waals surface area contributed by atoms with E-state index in [-0.39, 0.29) is 5.97 Å². The molecule has 0 bridgehead atoms. The van der Waals surface area contributed by atoms with Crippen molar-refractivity contribution in [3.05, 3.63) is 0 Å². The molecule has 1 aliphatic rings. The van der Waals surface area contributed by atoms with Crippen molar-refractivity contribution in [2.45, 2.75) is 32.6 Å². The average molecular weight is 242 g/mol. The van der Waals surface area contributed by atoms with E-state index in [1.54, 1.807) is 0 Å². The zero-order valence-corrected chi connectivity index (χ0v) is 11.3. The fourth-order valence-corrected chi connectivity index (χ4v) is 2.25. The molecule has 0 N–H and O–H groups in total. The Balaban J connectivity index is 2.14. The molecule has 1 saturated heterocycles. The molecule has 1 heterocycles. The maximum Gasteiger partial charge on any atom is 0.306 e. The van der Waals surface area contributed by atoms with Gasteiger partial charge in [0.05, 0.1) is 13.5 Å². The zero-order valence-electron chi connectivity index (χ0n) is 11.3. The van der Waals surface area contributed by atoms with Gasteiger partial charge >= 0.3 is 5.97 Å². The first-order valence-electron chi connectivity index (χ1n) is 6.77. The predicted molar refractivity (Wildman–Crippen MR) is 69.0 cm³/mol. The van der Waals surface area contributed by atoms with Gasteiger partial charge < -0.3 is 14.5 Å². The van der Waals surface area contributed by atoms with Gasteiger partial charge in [-0.15, -0.1) is 0 Å². The standard InChI is InChI=1S/C13H26N2O2/c1-3-14(10-7-13(16)17-2)11-12-15-8-5-4-6-9-15/h3-12H2,1-2H3. The van der Waals surface area contributed by atoms with E-state index in [0.29, 0.717) is 6.42 Å². The Kier molecular flexibility index (Phi) is 7.21. The molecule has 1 rings (SSSR count). The van der Waals surface area contributed by atoms with Crippen molar-refractivity contribution >= 4 is 5.97 Å². The lowest BCUT2D eigenvalue weighted by Gasteiger charge is -2.29. The third-order valence-electron chi connectivity index (χ3n) is 3.49. The van der Waals surface area contributed by atoms with Crippen LogP contribution in [0.15, 0.2) is 0 Å². The molecule has 0 radical (unpaired) electrons. The van der Waals surface area contributed by atoms with Gasteiger partial charge in [0.15, 0.2) is 0 Å². The molecule has 4 nitrogen and oxygen atoms in total. The number of nitrogens with zero attached hydrogens (tertiary/aromatic N) is 2. The summed E-state index contributed by atoms with van der Waals surface area (Å²) in [5, 5.41) is 0. The Hall–Kier alpha value is -0.610. The zero-order chi connectivity index (χ0) is 12.5. The first-order valence-corrected chi connectivity index (χ1v) is 6.77. The SMILES string of the molecule is CCN(CCC(=O)OC)CCN1CCCCC1. The molecule has 0 saturated carbocycles. The quantitative estimate of drug-likeness (QED) is 0.631. The van der Waals surface area contributed by atoms with Crippen molar-refractivity contribution in [1.82, 2.24) is 9.80 Å². The molecule has 0 aromatic rings. The third-order valence-corrected chi connectivity index (χ3v) is 3.49. The summed E-state index contributed by atoms with van der Waals surface area (Å²) >= 11 is 0. The Morgan fingerprint density at radius 2 is 1.94 bits per heavy atom. The summed E-state index contributed by atoms with van der Waals surface area (Å²) < 4.78 is 4.66. The molecule has 1 fully saturated rings. The van der Waals surface area contributed by atoms with E-state index < -0.39 is 0 Å². The molecule has 17 heavy (non-hydrogen) atoms. The normalized spacial score (nSPS) is 17.4.